The van der Waals surface area contributed by atoms with Crippen LogP contribution < -0.4 is 20.9 Å². The van der Waals surface area contributed by atoms with Crippen LogP contribution in [0.4, 0.5) is 11.4 Å². The number of nitrogen functional groups attached to an aromatic ring is 2. The van der Waals surface area contributed by atoms with Gasteiger partial charge in [-0.1, -0.05) is 18.2 Å². The van der Waals surface area contributed by atoms with Gasteiger partial charge in [0.2, 0.25) is 9.84 Å². The molecule has 6 nitrogen and oxygen atoms in total. The number of rotatable bonds is 7. The van der Waals surface area contributed by atoms with Crippen LogP contribution in [0.5, 0.6) is 17.2 Å². The SMILES string of the molecule is Nc1ccc(COc2ccc(S(=O)(=O)c3ccc(Oc4cccc(N)c4)cc3)cc2)cc1. The van der Waals surface area contributed by atoms with Gasteiger partial charge in [0.25, 0.3) is 0 Å². The average molecular weight is 447 g/mol. The van der Waals surface area contributed by atoms with Gasteiger partial charge in [-0.25, -0.2) is 8.42 Å². The maximum atomic E-state index is 13.0. The van der Waals surface area contributed by atoms with Gasteiger partial charge in [0.05, 0.1) is 9.79 Å². The van der Waals surface area contributed by atoms with E-state index in [4.69, 9.17) is 20.9 Å². The summed E-state index contributed by atoms with van der Waals surface area (Å²) in [5.41, 5.74) is 13.7. The summed E-state index contributed by atoms with van der Waals surface area (Å²) in [6.45, 7) is 0.362. The first-order valence-corrected chi connectivity index (χ1v) is 11.3. The Morgan fingerprint density at radius 1 is 0.625 bits per heavy atom. The highest BCUT2D eigenvalue weighted by Crippen LogP contribution is 2.28. The van der Waals surface area contributed by atoms with Gasteiger partial charge < -0.3 is 20.9 Å². The van der Waals surface area contributed by atoms with Crippen molar-refractivity contribution in [3.8, 4) is 17.2 Å². The molecule has 0 spiro atoms. The van der Waals surface area contributed by atoms with Crippen molar-refractivity contribution in [2.45, 2.75) is 16.4 Å². The van der Waals surface area contributed by atoms with Gasteiger partial charge in [0.1, 0.15) is 23.9 Å². The van der Waals surface area contributed by atoms with Gasteiger partial charge in [-0.15, -0.1) is 0 Å². The van der Waals surface area contributed by atoms with E-state index in [1.807, 2.05) is 12.1 Å². The van der Waals surface area contributed by atoms with Crippen LogP contribution in [0, 0.1) is 0 Å². The van der Waals surface area contributed by atoms with Crippen LogP contribution in [-0.2, 0) is 16.4 Å². The predicted molar refractivity (Wildman–Crippen MR) is 124 cm³/mol. The van der Waals surface area contributed by atoms with Crippen LogP contribution in [0.3, 0.4) is 0 Å². The summed E-state index contributed by atoms with van der Waals surface area (Å²) in [5, 5.41) is 0. The second kappa shape index (κ2) is 9.03. The normalized spacial score (nSPS) is 11.1. The highest BCUT2D eigenvalue weighted by Gasteiger charge is 2.18. The van der Waals surface area contributed by atoms with E-state index in [1.54, 1.807) is 60.7 Å². The topological polar surface area (TPSA) is 105 Å². The van der Waals surface area contributed by atoms with Gasteiger partial charge in [-0.2, -0.15) is 0 Å². The first kappa shape index (κ1) is 21.3. The molecule has 4 aromatic carbocycles. The monoisotopic (exact) mass is 446 g/mol. The third kappa shape index (κ3) is 5.01. The summed E-state index contributed by atoms with van der Waals surface area (Å²) in [7, 11) is -3.67. The smallest absolute Gasteiger partial charge is 0.206 e. The number of hydrogen-bond acceptors (Lipinski definition) is 6. The van der Waals surface area contributed by atoms with Gasteiger partial charge in [0, 0.05) is 17.4 Å². The Labute approximate surface area is 186 Å². The molecule has 32 heavy (non-hydrogen) atoms. The van der Waals surface area contributed by atoms with Crippen LogP contribution in [-0.4, -0.2) is 8.42 Å². The van der Waals surface area contributed by atoms with Crippen LogP contribution in [0.1, 0.15) is 5.56 Å². The Morgan fingerprint density at radius 3 is 1.81 bits per heavy atom. The number of ether oxygens (including phenoxy) is 2. The highest BCUT2D eigenvalue weighted by molar-refractivity contribution is 7.91. The molecule has 0 saturated heterocycles. The van der Waals surface area contributed by atoms with Crippen molar-refractivity contribution in [3.63, 3.8) is 0 Å². The standard InChI is InChI=1S/C25H22N2O4S/c26-19-6-4-18(5-7-19)17-30-21-8-12-24(13-9-21)32(28,29)25-14-10-22(11-15-25)31-23-3-1-2-20(27)16-23/h1-16H,17,26-27H2. The summed E-state index contributed by atoms with van der Waals surface area (Å²) in [4.78, 5) is 0.356. The Morgan fingerprint density at radius 2 is 1.22 bits per heavy atom. The van der Waals surface area contributed by atoms with Crippen molar-refractivity contribution >= 4 is 21.2 Å². The third-order valence-corrected chi connectivity index (χ3v) is 6.53. The zero-order valence-corrected chi connectivity index (χ0v) is 18.0. The lowest BCUT2D eigenvalue weighted by Gasteiger charge is -2.10. The summed E-state index contributed by atoms with van der Waals surface area (Å²) in [6, 6.07) is 27.0. The Balaban J connectivity index is 1.43. The van der Waals surface area contributed by atoms with E-state index in [1.165, 1.54) is 24.3 Å². The molecule has 0 heterocycles. The van der Waals surface area contributed by atoms with Gasteiger partial charge in [0.15, 0.2) is 0 Å². The molecule has 0 fully saturated rings. The van der Waals surface area contributed by atoms with E-state index in [-0.39, 0.29) is 9.79 Å². The van der Waals surface area contributed by atoms with E-state index in [0.717, 1.165) is 5.56 Å². The Hall–Kier alpha value is -3.97. The van der Waals surface area contributed by atoms with Crippen molar-refractivity contribution < 1.29 is 17.9 Å². The van der Waals surface area contributed by atoms with Crippen molar-refractivity contribution in [3.05, 3.63) is 103 Å². The molecule has 7 heteroatoms. The minimum absolute atomic E-state index is 0.174. The fourth-order valence-electron chi connectivity index (χ4n) is 3.03. The molecule has 4 N–H and O–H groups in total. The van der Waals surface area contributed by atoms with Crippen LogP contribution >= 0.6 is 0 Å². The number of anilines is 2. The lowest BCUT2D eigenvalue weighted by Crippen LogP contribution is -2.02. The van der Waals surface area contributed by atoms with E-state index in [9.17, 15) is 8.42 Å². The maximum absolute atomic E-state index is 13.0. The largest absolute Gasteiger partial charge is 0.489 e. The molecule has 0 aliphatic heterocycles. The fourth-order valence-corrected chi connectivity index (χ4v) is 4.29. The summed E-state index contributed by atoms with van der Waals surface area (Å²) >= 11 is 0. The molecule has 0 radical (unpaired) electrons. The second-order valence-electron chi connectivity index (χ2n) is 7.15. The van der Waals surface area contributed by atoms with Crippen molar-refractivity contribution in [1.29, 1.82) is 0 Å². The zero-order valence-electron chi connectivity index (χ0n) is 17.1. The number of hydrogen-bond donors (Lipinski definition) is 2. The molecule has 0 atom stereocenters. The van der Waals surface area contributed by atoms with Gasteiger partial charge in [-0.05, 0) is 78.4 Å². The highest BCUT2D eigenvalue weighted by atomic mass is 32.2. The van der Waals surface area contributed by atoms with E-state index < -0.39 is 9.84 Å². The van der Waals surface area contributed by atoms with Gasteiger partial charge in [-0.3, -0.25) is 0 Å². The maximum Gasteiger partial charge on any atom is 0.206 e. The molecule has 0 unspecified atom stereocenters. The predicted octanol–water partition coefficient (Wildman–Crippen LogP) is 5.06. The summed E-state index contributed by atoms with van der Waals surface area (Å²) < 4.78 is 37.4. The number of sulfone groups is 1. The molecule has 0 aromatic heterocycles. The molecule has 4 rings (SSSR count). The molecular weight excluding hydrogens is 424 g/mol. The first-order chi connectivity index (χ1) is 15.4. The molecular formula is C25H22N2O4S. The summed E-state index contributed by atoms with van der Waals surface area (Å²) in [5.74, 6) is 1.67. The lowest BCUT2D eigenvalue weighted by atomic mass is 10.2. The second-order valence-corrected chi connectivity index (χ2v) is 9.10. The lowest BCUT2D eigenvalue weighted by molar-refractivity contribution is 0.306. The van der Waals surface area contributed by atoms with E-state index >= 15 is 0 Å². The van der Waals surface area contributed by atoms with E-state index in [2.05, 4.69) is 0 Å². The summed E-state index contributed by atoms with van der Waals surface area (Å²) in [6.07, 6.45) is 0. The molecule has 162 valence electrons. The molecule has 0 saturated carbocycles. The fraction of sp³-hybridized carbons (Fsp3) is 0.0400. The molecule has 0 bridgehead atoms. The number of benzene rings is 4. The van der Waals surface area contributed by atoms with Crippen molar-refractivity contribution in [1.82, 2.24) is 0 Å². The minimum Gasteiger partial charge on any atom is -0.489 e. The molecule has 0 aliphatic carbocycles. The number of nitrogens with two attached hydrogens (primary N) is 2. The van der Waals surface area contributed by atoms with Crippen LogP contribution in [0.2, 0.25) is 0 Å². The first-order valence-electron chi connectivity index (χ1n) is 9.86. The van der Waals surface area contributed by atoms with Gasteiger partial charge >= 0.3 is 0 Å². The Bertz CT molecular complexity index is 1300. The minimum atomic E-state index is -3.67. The Kier molecular flexibility index (Phi) is 6.00. The third-order valence-electron chi connectivity index (χ3n) is 4.75. The van der Waals surface area contributed by atoms with E-state index in [0.29, 0.717) is 35.2 Å². The quantitative estimate of drug-likeness (QED) is 0.385. The van der Waals surface area contributed by atoms with Crippen LogP contribution in [0.25, 0.3) is 0 Å². The zero-order chi connectivity index (χ0) is 22.6. The van der Waals surface area contributed by atoms with Crippen molar-refractivity contribution in [2.24, 2.45) is 0 Å². The molecule has 4 aromatic rings. The average Bonchev–Trinajstić information content (AvgIpc) is 2.79. The molecule has 0 aliphatic rings. The van der Waals surface area contributed by atoms with Crippen LogP contribution in [0.15, 0.2) is 107 Å². The van der Waals surface area contributed by atoms with Crippen molar-refractivity contribution in [2.75, 3.05) is 11.5 Å². The molecule has 0 amide bonds.